The van der Waals surface area contributed by atoms with Crippen molar-refractivity contribution in [1.29, 1.82) is 0 Å². The van der Waals surface area contributed by atoms with E-state index in [1.165, 1.54) is 0 Å². The van der Waals surface area contributed by atoms with Gasteiger partial charge in [0.25, 0.3) is 0 Å². The van der Waals surface area contributed by atoms with Crippen LogP contribution in [0, 0.1) is 0 Å². The summed E-state index contributed by atoms with van der Waals surface area (Å²) in [6.07, 6.45) is 4.51. The van der Waals surface area contributed by atoms with E-state index in [2.05, 4.69) is 16.8 Å². The number of halogens is 1. The summed E-state index contributed by atoms with van der Waals surface area (Å²) >= 11 is 0. The molecule has 0 N–H and O–H groups in total. The van der Waals surface area contributed by atoms with E-state index in [0.29, 0.717) is 13.0 Å². The highest BCUT2D eigenvalue weighted by Crippen LogP contribution is 2.48. The third-order valence-electron chi connectivity index (χ3n) is 6.23. The minimum absolute atomic E-state index is 0.0187. The molecule has 1 aromatic heterocycles. The molecule has 2 aliphatic heterocycles. The van der Waals surface area contributed by atoms with Crippen LogP contribution >= 0.6 is 0 Å². The number of amides is 1. The molecule has 4 rings (SSSR count). The molecule has 1 atom stereocenters. The van der Waals surface area contributed by atoms with Gasteiger partial charge in [0.1, 0.15) is 6.17 Å². The van der Waals surface area contributed by atoms with Gasteiger partial charge in [0.05, 0.1) is 16.8 Å². The lowest BCUT2D eigenvalue weighted by molar-refractivity contribution is -0.124. The predicted octanol–water partition coefficient (Wildman–Crippen LogP) is 3.06. The quantitative estimate of drug-likeness (QED) is 0.836. The lowest BCUT2D eigenvalue weighted by Crippen LogP contribution is -2.64. The number of piperidine rings is 1. The number of anilines is 1. The first-order valence-corrected chi connectivity index (χ1v) is 9.01. The van der Waals surface area contributed by atoms with Gasteiger partial charge >= 0.3 is 0 Å². The predicted molar refractivity (Wildman–Crippen MR) is 91.9 cm³/mol. The number of hydrogen-bond acceptors (Lipinski definition) is 3. The van der Waals surface area contributed by atoms with Gasteiger partial charge in [0.2, 0.25) is 5.91 Å². The van der Waals surface area contributed by atoms with Gasteiger partial charge in [-0.15, -0.1) is 0 Å². The maximum atomic E-state index is 13.8. The molecule has 3 aliphatic rings. The molecule has 4 nitrogen and oxygen atoms in total. The molecule has 1 saturated heterocycles. The van der Waals surface area contributed by atoms with Crippen molar-refractivity contribution >= 4 is 11.6 Å². The van der Waals surface area contributed by atoms with Gasteiger partial charge < -0.3 is 4.90 Å². The van der Waals surface area contributed by atoms with E-state index in [4.69, 9.17) is 0 Å². The maximum absolute atomic E-state index is 13.8. The Bertz CT molecular complexity index is 668. The average Bonchev–Trinajstić information content (AvgIpc) is 2.72. The van der Waals surface area contributed by atoms with E-state index in [0.717, 1.165) is 37.2 Å². The number of carbonyl (C=O) groups excluding carboxylic acids is 1. The Labute approximate surface area is 143 Å². The van der Waals surface area contributed by atoms with Crippen LogP contribution in [0.2, 0.25) is 0 Å². The molecule has 3 heterocycles. The van der Waals surface area contributed by atoms with Crippen LogP contribution in [0.5, 0.6) is 0 Å². The monoisotopic (exact) mass is 331 g/mol. The van der Waals surface area contributed by atoms with Gasteiger partial charge in [-0.2, -0.15) is 0 Å². The third-order valence-corrected chi connectivity index (χ3v) is 6.23. The van der Waals surface area contributed by atoms with Crippen molar-refractivity contribution in [3.63, 3.8) is 0 Å². The molecule has 1 saturated carbocycles. The largest absolute Gasteiger partial charge is 0.307 e. The Morgan fingerprint density at radius 3 is 2.75 bits per heavy atom. The highest BCUT2D eigenvalue weighted by Gasteiger charge is 2.54. The minimum Gasteiger partial charge on any atom is -0.307 e. The Morgan fingerprint density at radius 2 is 2.04 bits per heavy atom. The molecule has 0 radical (unpaired) electrons. The summed E-state index contributed by atoms with van der Waals surface area (Å²) in [4.78, 5) is 21.7. The van der Waals surface area contributed by atoms with E-state index in [1.54, 1.807) is 6.20 Å². The van der Waals surface area contributed by atoms with Crippen LogP contribution in [-0.4, -0.2) is 46.6 Å². The van der Waals surface area contributed by atoms with Gasteiger partial charge in [0.15, 0.2) is 0 Å². The molecule has 5 heteroatoms. The number of likely N-dealkylation sites (tertiary alicyclic amines) is 1. The molecule has 1 aliphatic carbocycles. The van der Waals surface area contributed by atoms with Crippen molar-refractivity contribution in [2.75, 3.05) is 18.0 Å². The fourth-order valence-electron chi connectivity index (χ4n) is 4.76. The number of fused-ring (bicyclic) bond motifs is 1. The third kappa shape index (κ3) is 2.20. The number of alkyl halides is 1. The van der Waals surface area contributed by atoms with Crippen molar-refractivity contribution in [3.8, 4) is 0 Å². The lowest BCUT2D eigenvalue weighted by Gasteiger charge is -2.56. The first-order chi connectivity index (χ1) is 11.3. The van der Waals surface area contributed by atoms with Crippen LogP contribution in [0.15, 0.2) is 18.3 Å². The number of pyridine rings is 1. The van der Waals surface area contributed by atoms with Gasteiger partial charge in [0, 0.05) is 24.3 Å². The van der Waals surface area contributed by atoms with E-state index < -0.39 is 11.6 Å². The van der Waals surface area contributed by atoms with Crippen LogP contribution in [0.3, 0.4) is 0 Å². The van der Waals surface area contributed by atoms with Crippen LogP contribution in [0.25, 0.3) is 0 Å². The van der Waals surface area contributed by atoms with Crippen molar-refractivity contribution in [3.05, 3.63) is 24.0 Å². The number of aromatic nitrogens is 1. The summed E-state index contributed by atoms with van der Waals surface area (Å²) in [6.45, 7) is 7.65. The molecule has 1 amide bonds. The SMILES string of the molecule is CC1(C)C(=O)N(C2CC(C)(N3CCC[C@H](F)C3)C2)c2cccnc21. The van der Waals surface area contributed by atoms with Crippen LogP contribution < -0.4 is 4.90 Å². The summed E-state index contributed by atoms with van der Waals surface area (Å²) < 4.78 is 13.8. The number of nitrogens with zero attached hydrogens (tertiary/aromatic N) is 3. The molecular formula is C19H26FN3O. The number of carbonyl (C=O) groups is 1. The molecule has 2 fully saturated rings. The molecule has 0 unspecified atom stereocenters. The Hall–Kier alpha value is -1.49. The first-order valence-electron chi connectivity index (χ1n) is 9.01. The van der Waals surface area contributed by atoms with Gasteiger partial charge in [-0.1, -0.05) is 0 Å². The van der Waals surface area contributed by atoms with E-state index in [-0.39, 0.29) is 17.5 Å². The normalized spacial score (nSPS) is 35.7. The molecule has 130 valence electrons. The highest BCUT2D eigenvalue weighted by atomic mass is 19.1. The molecular weight excluding hydrogens is 305 g/mol. The van der Waals surface area contributed by atoms with Crippen LogP contribution in [0.1, 0.15) is 52.1 Å². The summed E-state index contributed by atoms with van der Waals surface area (Å²) in [6, 6.07) is 4.10. The zero-order chi connectivity index (χ0) is 17.1. The second-order valence-electron chi connectivity index (χ2n) is 8.42. The summed E-state index contributed by atoms with van der Waals surface area (Å²) in [5.41, 5.74) is 1.30. The van der Waals surface area contributed by atoms with E-state index >= 15 is 0 Å². The minimum atomic E-state index is -0.702. The highest BCUT2D eigenvalue weighted by molar-refractivity contribution is 6.07. The molecule has 24 heavy (non-hydrogen) atoms. The van der Waals surface area contributed by atoms with Gasteiger partial charge in [-0.25, -0.2) is 4.39 Å². The standard InChI is InChI=1S/C19H26FN3O/c1-18(2)16-15(7-4-8-21-16)23(17(18)24)14-10-19(3,11-14)22-9-5-6-13(20)12-22/h4,7-8,13-14H,5-6,9-12H2,1-3H3/t13-,14?,19?/m0/s1. The second-order valence-corrected chi connectivity index (χ2v) is 8.42. The summed E-state index contributed by atoms with van der Waals surface area (Å²) in [5.74, 6) is 0.144. The Balaban J connectivity index is 1.54. The average molecular weight is 331 g/mol. The lowest BCUT2D eigenvalue weighted by atomic mass is 9.71. The molecule has 0 bridgehead atoms. The topological polar surface area (TPSA) is 36.4 Å². The van der Waals surface area contributed by atoms with Gasteiger partial charge in [-0.05, 0) is 65.1 Å². The fourth-order valence-corrected chi connectivity index (χ4v) is 4.76. The van der Waals surface area contributed by atoms with E-state index in [9.17, 15) is 9.18 Å². The zero-order valence-corrected chi connectivity index (χ0v) is 14.8. The molecule has 0 spiro atoms. The number of hydrogen-bond donors (Lipinski definition) is 0. The molecule has 1 aromatic rings. The van der Waals surface area contributed by atoms with Crippen molar-refractivity contribution in [2.24, 2.45) is 0 Å². The van der Waals surface area contributed by atoms with Crippen molar-refractivity contribution in [2.45, 2.75) is 69.6 Å². The second kappa shape index (κ2) is 5.25. The van der Waals surface area contributed by atoms with Crippen LogP contribution in [-0.2, 0) is 10.2 Å². The smallest absolute Gasteiger partial charge is 0.239 e. The summed E-state index contributed by atoms with van der Waals surface area (Å²) in [5, 5.41) is 0. The first kappa shape index (κ1) is 16.0. The fraction of sp³-hybridized carbons (Fsp3) is 0.684. The zero-order valence-electron chi connectivity index (χ0n) is 14.8. The van der Waals surface area contributed by atoms with Crippen LogP contribution in [0.4, 0.5) is 10.1 Å². The summed E-state index contributed by atoms with van der Waals surface area (Å²) in [7, 11) is 0. The Morgan fingerprint density at radius 1 is 1.29 bits per heavy atom. The molecule has 0 aromatic carbocycles. The van der Waals surface area contributed by atoms with Crippen molar-refractivity contribution in [1.82, 2.24) is 9.88 Å². The van der Waals surface area contributed by atoms with Gasteiger partial charge in [-0.3, -0.25) is 14.7 Å². The van der Waals surface area contributed by atoms with Crippen molar-refractivity contribution < 1.29 is 9.18 Å². The maximum Gasteiger partial charge on any atom is 0.239 e. The Kier molecular flexibility index (Phi) is 3.50. The number of rotatable bonds is 2. The van der Waals surface area contributed by atoms with E-state index in [1.807, 2.05) is 30.9 Å².